The van der Waals surface area contributed by atoms with E-state index in [1.807, 2.05) is 6.92 Å². The number of rotatable bonds is 6. The number of hydrogen-bond donors (Lipinski definition) is 1. The summed E-state index contributed by atoms with van der Waals surface area (Å²) in [6.45, 7) is 1.99. The van der Waals surface area contributed by atoms with Gasteiger partial charge in [0, 0.05) is 0 Å². The summed E-state index contributed by atoms with van der Waals surface area (Å²) in [5, 5.41) is 0. The Balaban J connectivity index is 2.83. The Morgan fingerprint density at radius 2 is 2.15 bits per heavy atom. The molecule has 0 aliphatic heterocycles. The average molecular weight is 292 g/mol. The van der Waals surface area contributed by atoms with Gasteiger partial charge in [-0.3, -0.25) is 4.79 Å². The lowest BCUT2D eigenvalue weighted by molar-refractivity contribution is -0.164. The van der Waals surface area contributed by atoms with Gasteiger partial charge >= 0.3 is 6.18 Å². The first-order valence-corrected chi connectivity index (χ1v) is 6.38. The Morgan fingerprint density at radius 3 is 2.60 bits per heavy atom. The van der Waals surface area contributed by atoms with E-state index in [0.717, 1.165) is 0 Å². The van der Waals surface area contributed by atoms with E-state index in [0.29, 0.717) is 17.1 Å². The van der Waals surface area contributed by atoms with Crippen molar-refractivity contribution in [1.82, 2.24) is 4.90 Å². The SMILES string of the molecule is CCC(C)C(N)C(=O)N(Cc1ccco1)CC(F)(F)F. The van der Waals surface area contributed by atoms with Crippen molar-refractivity contribution in [3.05, 3.63) is 24.2 Å². The van der Waals surface area contributed by atoms with Crippen LogP contribution in [0.15, 0.2) is 22.8 Å². The summed E-state index contributed by atoms with van der Waals surface area (Å²) in [7, 11) is 0. The van der Waals surface area contributed by atoms with Crippen LogP contribution in [0.5, 0.6) is 0 Å². The first-order valence-electron chi connectivity index (χ1n) is 6.38. The van der Waals surface area contributed by atoms with Crippen molar-refractivity contribution in [2.75, 3.05) is 6.54 Å². The number of halogens is 3. The fraction of sp³-hybridized carbons (Fsp3) is 0.615. The van der Waals surface area contributed by atoms with Crippen molar-refractivity contribution in [2.24, 2.45) is 11.7 Å². The van der Waals surface area contributed by atoms with Gasteiger partial charge in [-0.25, -0.2) is 0 Å². The number of nitrogens with two attached hydrogens (primary N) is 1. The molecule has 0 saturated heterocycles. The Labute approximate surface area is 115 Å². The molecule has 1 aromatic heterocycles. The Kier molecular flexibility index (Phi) is 5.62. The van der Waals surface area contributed by atoms with Gasteiger partial charge < -0.3 is 15.1 Å². The van der Waals surface area contributed by atoms with Gasteiger partial charge in [0.25, 0.3) is 0 Å². The summed E-state index contributed by atoms with van der Waals surface area (Å²) in [6.07, 6.45) is -2.51. The molecule has 20 heavy (non-hydrogen) atoms. The third-order valence-electron chi connectivity index (χ3n) is 3.15. The topological polar surface area (TPSA) is 59.5 Å². The molecule has 0 aliphatic carbocycles. The first-order chi connectivity index (χ1) is 9.24. The van der Waals surface area contributed by atoms with Crippen LogP contribution in [0, 0.1) is 5.92 Å². The van der Waals surface area contributed by atoms with Gasteiger partial charge in [0.05, 0.1) is 18.8 Å². The second kappa shape index (κ2) is 6.78. The molecule has 4 nitrogen and oxygen atoms in total. The van der Waals surface area contributed by atoms with E-state index in [2.05, 4.69) is 0 Å². The average Bonchev–Trinajstić information content (AvgIpc) is 2.86. The summed E-state index contributed by atoms with van der Waals surface area (Å²) >= 11 is 0. The Bertz CT molecular complexity index is 418. The van der Waals surface area contributed by atoms with Gasteiger partial charge in [0.2, 0.25) is 5.91 Å². The van der Waals surface area contributed by atoms with Crippen LogP contribution >= 0.6 is 0 Å². The molecule has 1 rings (SSSR count). The fourth-order valence-electron chi connectivity index (χ4n) is 1.73. The molecular formula is C13H19F3N2O2. The molecule has 0 aromatic carbocycles. The molecule has 1 amide bonds. The van der Waals surface area contributed by atoms with Crippen molar-refractivity contribution in [2.45, 2.75) is 39.0 Å². The van der Waals surface area contributed by atoms with E-state index in [-0.39, 0.29) is 12.5 Å². The number of carbonyl (C=O) groups excluding carboxylic acids is 1. The molecule has 114 valence electrons. The largest absolute Gasteiger partial charge is 0.467 e. The molecule has 0 bridgehead atoms. The van der Waals surface area contributed by atoms with Crippen LogP contribution in [0.4, 0.5) is 13.2 Å². The van der Waals surface area contributed by atoms with Crippen LogP contribution in [0.3, 0.4) is 0 Å². The zero-order valence-electron chi connectivity index (χ0n) is 11.5. The number of nitrogens with zero attached hydrogens (tertiary/aromatic N) is 1. The van der Waals surface area contributed by atoms with Crippen LogP contribution < -0.4 is 5.73 Å². The number of alkyl halides is 3. The summed E-state index contributed by atoms with van der Waals surface area (Å²) in [6, 6.07) is 2.13. The molecule has 0 saturated carbocycles. The smallest absolute Gasteiger partial charge is 0.406 e. The predicted octanol–water partition coefficient (Wildman–Crippen LogP) is 2.54. The molecule has 0 aliphatic rings. The van der Waals surface area contributed by atoms with Gasteiger partial charge in [0.1, 0.15) is 12.3 Å². The van der Waals surface area contributed by atoms with E-state index in [1.165, 1.54) is 12.3 Å². The maximum Gasteiger partial charge on any atom is 0.406 e. The molecule has 0 radical (unpaired) electrons. The molecule has 7 heteroatoms. The molecular weight excluding hydrogens is 273 g/mol. The maximum absolute atomic E-state index is 12.6. The van der Waals surface area contributed by atoms with Gasteiger partial charge in [0.15, 0.2) is 0 Å². The summed E-state index contributed by atoms with van der Waals surface area (Å²) in [4.78, 5) is 12.8. The van der Waals surface area contributed by atoms with Gasteiger partial charge in [-0.05, 0) is 18.1 Å². The summed E-state index contributed by atoms with van der Waals surface area (Å²) in [5.41, 5.74) is 5.73. The zero-order valence-corrected chi connectivity index (χ0v) is 11.5. The van der Waals surface area contributed by atoms with Gasteiger partial charge in [-0.1, -0.05) is 20.3 Å². The van der Waals surface area contributed by atoms with E-state index in [1.54, 1.807) is 13.0 Å². The first kappa shape index (κ1) is 16.6. The number of amides is 1. The molecule has 2 atom stereocenters. The van der Waals surface area contributed by atoms with Crippen LogP contribution in [0.2, 0.25) is 0 Å². The molecule has 1 heterocycles. The van der Waals surface area contributed by atoms with Crippen molar-refractivity contribution in [1.29, 1.82) is 0 Å². The van der Waals surface area contributed by atoms with Crippen LogP contribution in [-0.2, 0) is 11.3 Å². The Morgan fingerprint density at radius 1 is 1.50 bits per heavy atom. The fourth-order valence-corrected chi connectivity index (χ4v) is 1.73. The normalized spacial score (nSPS) is 14.9. The standard InChI is InChI=1S/C13H19F3N2O2/c1-3-9(2)11(17)12(19)18(8-13(14,15)16)7-10-5-4-6-20-10/h4-6,9,11H,3,7-8,17H2,1-2H3. The van der Waals surface area contributed by atoms with E-state index >= 15 is 0 Å². The minimum Gasteiger partial charge on any atom is -0.467 e. The minimum atomic E-state index is -4.47. The third kappa shape index (κ3) is 4.88. The molecule has 0 fully saturated rings. The number of carbonyl (C=O) groups is 1. The predicted molar refractivity (Wildman–Crippen MR) is 67.6 cm³/mol. The quantitative estimate of drug-likeness (QED) is 0.876. The van der Waals surface area contributed by atoms with E-state index in [4.69, 9.17) is 10.2 Å². The van der Waals surface area contributed by atoms with Crippen LogP contribution in [-0.4, -0.2) is 29.6 Å². The van der Waals surface area contributed by atoms with Crippen LogP contribution in [0.25, 0.3) is 0 Å². The lowest BCUT2D eigenvalue weighted by Crippen LogP contribution is -2.49. The van der Waals surface area contributed by atoms with Gasteiger partial charge in [-0.15, -0.1) is 0 Å². The summed E-state index contributed by atoms with van der Waals surface area (Å²) < 4.78 is 42.7. The van der Waals surface area contributed by atoms with E-state index < -0.39 is 24.7 Å². The second-order valence-corrected chi connectivity index (χ2v) is 4.80. The maximum atomic E-state index is 12.6. The highest BCUT2D eigenvalue weighted by molar-refractivity contribution is 5.82. The van der Waals surface area contributed by atoms with Crippen molar-refractivity contribution < 1.29 is 22.4 Å². The molecule has 2 unspecified atom stereocenters. The zero-order chi connectivity index (χ0) is 15.3. The lowest BCUT2D eigenvalue weighted by atomic mass is 9.99. The minimum absolute atomic E-state index is 0.185. The molecule has 2 N–H and O–H groups in total. The van der Waals surface area contributed by atoms with Gasteiger partial charge in [-0.2, -0.15) is 13.2 Å². The van der Waals surface area contributed by atoms with Crippen molar-refractivity contribution >= 4 is 5.91 Å². The lowest BCUT2D eigenvalue weighted by Gasteiger charge is -2.28. The highest BCUT2D eigenvalue weighted by Gasteiger charge is 2.35. The molecule has 1 aromatic rings. The second-order valence-electron chi connectivity index (χ2n) is 4.80. The van der Waals surface area contributed by atoms with Crippen molar-refractivity contribution in [3.63, 3.8) is 0 Å². The number of furan rings is 1. The Hall–Kier alpha value is -1.50. The van der Waals surface area contributed by atoms with E-state index in [9.17, 15) is 18.0 Å². The summed E-state index contributed by atoms with van der Waals surface area (Å²) in [5.74, 6) is -0.609. The van der Waals surface area contributed by atoms with Crippen LogP contribution in [0.1, 0.15) is 26.0 Å². The molecule has 0 spiro atoms. The highest BCUT2D eigenvalue weighted by Crippen LogP contribution is 2.20. The van der Waals surface area contributed by atoms with Crippen molar-refractivity contribution in [3.8, 4) is 0 Å². The third-order valence-corrected chi connectivity index (χ3v) is 3.15. The number of hydrogen-bond acceptors (Lipinski definition) is 3. The highest BCUT2D eigenvalue weighted by atomic mass is 19.4. The monoisotopic (exact) mass is 292 g/mol.